The zero-order chi connectivity index (χ0) is 17.8. The Bertz CT molecular complexity index is 783. The van der Waals surface area contributed by atoms with Crippen molar-refractivity contribution in [2.45, 2.75) is 6.10 Å². The molecule has 1 aliphatic rings. The molecular formula is C18H16Cl2N2O3. The predicted molar refractivity (Wildman–Crippen MR) is 97.3 cm³/mol. The lowest BCUT2D eigenvalue weighted by Gasteiger charge is -2.32. The molecule has 130 valence electrons. The predicted octanol–water partition coefficient (Wildman–Crippen LogP) is 3.16. The first kappa shape index (κ1) is 17.7. The van der Waals surface area contributed by atoms with E-state index < -0.39 is 0 Å². The lowest BCUT2D eigenvalue weighted by atomic mass is 10.2. The van der Waals surface area contributed by atoms with Crippen molar-refractivity contribution in [3.8, 4) is 0 Å². The molecular weight excluding hydrogens is 363 g/mol. The number of carbonyl (C=O) groups excluding carboxylic acids is 2. The highest BCUT2D eigenvalue weighted by Gasteiger charge is 2.27. The molecule has 1 heterocycles. The van der Waals surface area contributed by atoms with Crippen LogP contribution in [0, 0.1) is 0 Å². The number of morpholine rings is 1. The van der Waals surface area contributed by atoms with Crippen LogP contribution < -0.4 is 10.2 Å². The first-order chi connectivity index (χ1) is 12.0. The second-order valence-electron chi connectivity index (χ2n) is 5.61. The molecule has 1 saturated heterocycles. The van der Waals surface area contributed by atoms with Crippen LogP contribution in [0.4, 0.5) is 5.69 Å². The van der Waals surface area contributed by atoms with Crippen molar-refractivity contribution in [2.24, 2.45) is 0 Å². The molecule has 7 heteroatoms. The van der Waals surface area contributed by atoms with E-state index in [2.05, 4.69) is 5.32 Å². The normalized spacial score (nSPS) is 17.4. The van der Waals surface area contributed by atoms with Crippen LogP contribution in [0.15, 0.2) is 48.5 Å². The number of amides is 2. The molecule has 2 aromatic rings. The molecule has 2 amide bonds. The van der Waals surface area contributed by atoms with Crippen LogP contribution in [-0.2, 0) is 9.53 Å². The average molecular weight is 379 g/mol. The van der Waals surface area contributed by atoms with Crippen LogP contribution >= 0.6 is 23.2 Å². The largest absolute Gasteiger partial charge is 0.365 e. The standard InChI is InChI=1S/C18H16Cl2N2O3/c19-15-7-6-12(8-16(15)20)18(24)21-9-14-10-22(17(23)11-25-14)13-4-2-1-3-5-13/h1-8,14H,9-11H2,(H,21,24). The van der Waals surface area contributed by atoms with Gasteiger partial charge in [0.25, 0.3) is 11.8 Å². The van der Waals surface area contributed by atoms with Gasteiger partial charge in [-0.15, -0.1) is 0 Å². The number of nitrogens with one attached hydrogen (secondary N) is 1. The monoisotopic (exact) mass is 378 g/mol. The van der Waals surface area contributed by atoms with Gasteiger partial charge in [-0.3, -0.25) is 9.59 Å². The van der Waals surface area contributed by atoms with Crippen molar-refractivity contribution in [1.29, 1.82) is 0 Å². The highest BCUT2D eigenvalue weighted by molar-refractivity contribution is 6.42. The molecule has 5 nitrogen and oxygen atoms in total. The lowest BCUT2D eigenvalue weighted by molar-refractivity contribution is -0.129. The molecule has 25 heavy (non-hydrogen) atoms. The minimum Gasteiger partial charge on any atom is -0.365 e. The van der Waals surface area contributed by atoms with Gasteiger partial charge in [0.05, 0.1) is 22.7 Å². The van der Waals surface area contributed by atoms with E-state index in [4.69, 9.17) is 27.9 Å². The zero-order valence-corrected chi connectivity index (χ0v) is 14.8. The van der Waals surface area contributed by atoms with Crippen LogP contribution in [0.1, 0.15) is 10.4 Å². The minimum absolute atomic E-state index is 0.0117. The van der Waals surface area contributed by atoms with Crippen molar-refractivity contribution in [3.63, 3.8) is 0 Å². The summed E-state index contributed by atoms with van der Waals surface area (Å²) in [5, 5.41) is 3.52. The second-order valence-corrected chi connectivity index (χ2v) is 6.43. The third-order valence-corrected chi connectivity index (χ3v) is 4.61. The summed E-state index contributed by atoms with van der Waals surface area (Å²) in [4.78, 5) is 25.9. The second kappa shape index (κ2) is 7.87. The zero-order valence-electron chi connectivity index (χ0n) is 13.2. The number of benzene rings is 2. The van der Waals surface area contributed by atoms with Crippen LogP contribution in [0.25, 0.3) is 0 Å². The van der Waals surface area contributed by atoms with Crippen molar-refractivity contribution < 1.29 is 14.3 Å². The summed E-state index contributed by atoms with van der Waals surface area (Å²) >= 11 is 11.8. The average Bonchev–Trinajstić information content (AvgIpc) is 2.63. The molecule has 0 radical (unpaired) electrons. The summed E-state index contributed by atoms with van der Waals surface area (Å²) in [6.07, 6.45) is -0.287. The number of halogens is 2. The van der Waals surface area contributed by atoms with Gasteiger partial charge in [-0.1, -0.05) is 41.4 Å². The van der Waals surface area contributed by atoms with E-state index in [1.165, 1.54) is 6.07 Å². The summed E-state index contributed by atoms with van der Waals surface area (Å²) in [6, 6.07) is 14.1. The van der Waals surface area contributed by atoms with Crippen molar-refractivity contribution in [2.75, 3.05) is 24.6 Å². The summed E-state index contributed by atoms with van der Waals surface area (Å²) in [6.45, 7) is 0.655. The Kier molecular flexibility index (Phi) is 5.58. The molecule has 1 fully saturated rings. The van der Waals surface area contributed by atoms with Gasteiger partial charge in [-0.2, -0.15) is 0 Å². The molecule has 1 N–H and O–H groups in total. The number of nitrogens with zero attached hydrogens (tertiary/aromatic N) is 1. The number of para-hydroxylation sites is 1. The number of anilines is 1. The summed E-state index contributed by atoms with van der Waals surface area (Å²) in [5.74, 6) is -0.372. The van der Waals surface area contributed by atoms with Gasteiger partial charge in [0.2, 0.25) is 0 Å². The van der Waals surface area contributed by atoms with E-state index in [0.29, 0.717) is 22.2 Å². The number of hydrogen-bond donors (Lipinski definition) is 1. The lowest BCUT2D eigenvalue weighted by Crippen LogP contribution is -2.50. The smallest absolute Gasteiger partial charge is 0.253 e. The van der Waals surface area contributed by atoms with E-state index >= 15 is 0 Å². The molecule has 0 spiro atoms. The van der Waals surface area contributed by atoms with Crippen molar-refractivity contribution in [1.82, 2.24) is 5.32 Å². The fraction of sp³-hybridized carbons (Fsp3) is 0.222. The van der Waals surface area contributed by atoms with Crippen LogP contribution in [0.2, 0.25) is 10.0 Å². The first-order valence-corrected chi connectivity index (χ1v) is 8.50. The third kappa shape index (κ3) is 4.31. The molecule has 1 atom stereocenters. The fourth-order valence-corrected chi connectivity index (χ4v) is 2.85. The van der Waals surface area contributed by atoms with Gasteiger partial charge in [0, 0.05) is 17.8 Å². The van der Waals surface area contributed by atoms with Gasteiger partial charge in [0.1, 0.15) is 6.61 Å². The molecule has 0 saturated carbocycles. The van der Waals surface area contributed by atoms with E-state index in [0.717, 1.165) is 5.69 Å². The van der Waals surface area contributed by atoms with Crippen molar-refractivity contribution in [3.05, 3.63) is 64.1 Å². The van der Waals surface area contributed by atoms with Gasteiger partial charge in [0.15, 0.2) is 0 Å². The molecule has 0 aliphatic carbocycles. The number of rotatable bonds is 4. The highest BCUT2D eigenvalue weighted by atomic mass is 35.5. The van der Waals surface area contributed by atoms with Gasteiger partial charge in [-0.25, -0.2) is 0 Å². The topological polar surface area (TPSA) is 58.6 Å². The van der Waals surface area contributed by atoms with Gasteiger partial charge in [-0.05, 0) is 30.3 Å². The summed E-state index contributed by atoms with van der Waals surface area (Å²) in [5.41, 5.74) is 1.23. The molecule has 3 rings (SSSR count). The van der Waals surface area contributed by atoms with Crippen molar-refractivity contribution >= 4 is 40.7 Å². The van der Waals surface area contributed by atoms with Gasteiger partial charge >= 0.3 is 0 Å². The van der Waals surface area contributed by atoms with Crippen LogP contribution in [0.5, 0.6) is 0 Å². The quantitative estimate of drug-likeness (QED) is 0.888. The van der Waals surface area contributed by atoms with E-state index in [1.807, 2.05) is 30.3 Å². The molecule has 0 aromatic heterocycles. The Labute approximate surface area is 155 Å². The summed E-state index contributed by atoms with van der Waals surface area (Å²) in [7, 11) is 0. The first-order valence-electron chi connectivity index (χ1n) is 7.75. The Morgan fingerprint density at radius 1 is 1.16 bits per heavy atom. The van der Waals surface area contributed by atoms with E-state index in [9.17, 15) is 9.59 Å². The van der Waals surface area contributed by atoms with E-state index in [1.54, 1.807) is 17.0 Å². The Hall–Kier alpha value is -2.08. The minimum atomic E-state index is -0.287. The number of hydrogen-bond acceptors (Lipinski definition) is 3. The third-order valence-electron chi connectivity index (χ3n) is 3.87. The Morgan fingerprint density at radius 3 is 2.64 bits per heavy atom. The number of carbonyl (C=O) groups is 2. The van der Waals surface area contributed by atoms with Crippen LogP contribution in [-0.4, -0.2) is 37.6 Å². The highest BCUT2D eigenvalue weighted by Crippen LogP contribution is 2.22. The number of ether oxygens (including phenoxy) is 1. The molecule has 1 aliphatic heterocycles. The van der Waals surface area contributed by atoms with E-state index in [-0.39, 0.29) is 31.1 Å². The molecule has 1 unspecified atom stereocenters. The Morgan fingerprint density at radius 2 is 1.92 bits per heavy atom. The molecule has 2 aromatic carbocycles. The summed E-state index contributed by atoms with van der Waals surface area (Å²) < 4.78 is 5.52. The maximum Gasteiger partial charge on any atom is 0.253 e. The maximum absolute atomic E-state index is 12.2. The molecule has 0 bridgehead atoms. The van der Waals surface area contributed by atoms with Gasteiger partial charge < -0.3 is 15.0 Å². The van der Waals surface area contributed by atoms with Crippen LogP contribution in [0.3, 0.4) is 0 Å². The Balaban J connectivity index is 1.60. The maximum atomic E-state index is 12.2. The fourth-order valence-electron chi connectivity index (χ4n) is 2.55. The SMILES string of the molecule is O=C(NCC1CN(c2ccccc2)C(=O)CO1)c1ccc(Cl)c(Cl)c1.